The molecule has 0 fully saturated rings. The van der Waals surface area contributed by atoms with Gasteiger partial charge in [0.2, 0.25) is 11.7 Å². The van der Waals surface area contributed by atoms with E-state index in [-0.39, 0.29) is 5.95 Å². The molecule has 2 aromatic heterocycles. The molecule has 0 aliphatic carbocycles. The van der Waals surface area contributed by atoms with Gasteiger partial charge in [0.15, 0.2) is 11.5 Å². The molecule has 0 amide bonds. The van der Waals surface area contributed by atoms with E-state index < -0.39 is 0 Å². The number of benzene rings is 1. The van der Waals surface area contributed by atoms with Crippen LogP contribution in [-0.4, -0.2) is 36.5 Å². The zero-order chi connectivity index (χ0) is 19.6. The third-order valence-corrected chi connectivity index (χ3v) is 3.97. The Hall–Kier alpha value is -3.49. The van der Waals surface area contributed by atoms with Gasteiger partial charge in [0.25, 0.3) is 0 Å². The predicted octanol–water partition coefficient (Wildman–Crippen LogP) is 3.10. The van der Waals surface area contributed by atoms with Crippen LogP contribution >= 0.6 is 0 Å². The second-order valence-corrected chi connectivity index (χ2v) is 5.73. The number of rotatable bonds is 6. The van der Waals surface area contributed by atoms with E-state index in [0.717, 1.165) is 11.3 Å². The van der Waals surface area contributed by atoms with Crippen molar-refractivity contribution in [2.75, 3.05) is 32.4 Å². The van der Waals surface area contributed by atoms with Crippen LogP contribution in [0.4, 0.5) is 17.5 Å². The Balaban J connectivity index is 2.02. The highest BCUT2D eigenvalue weighted by atomic mass is 16.5. The van der Waals surface area contributed by atoms with Gasteiger partial charge in [0.1, 0.15) is 11.6 Å². The molecule has 1 aromatic carbocycles. The second kappa shape index (κ2) is 7.40. The van der Waals surface area contributed by atoms with E-state index in [4.69, 9.17) is 24.5 Å². The molecule has 2 heterocycles. The van der Waals surface area contributed by atoms with E-state index >= 15 is 0 Å². The Kier molecular flexibility index (Phi) is 5.02. The number of aromatic nitrogens is 3. The molecule has 27 heavy (non-hydrogen) atoms. The van der Waals surface area contributed by atoms with E-state index in [0.29, 0.717) is 40.2 Å². The van der Waals surface area contributed by atoms with Gasteiger partial charge in [-0.2, -0.15) is 4.98 Å². The average molecular weight is 371 g/mol. The van der Waals surface area contributed by atoms with Crippen molar-refractivity contribution in [3.05, 3.63) is 29.7 Å². The van der Waals surface area contributed by atoms with Crippen molar-refractivity contribution >= 4 is 17.5 Å². The van der Waals surface area contributed by atoms with Crippen molar-refractivity contribution in [2.45, 2.75) is 13.8 Å². The number of aryl methyl sites for hydroxylation is 2. The number of nitrogens with two attached hydrogens (primary N) is 1. The first-order chi connectivity index (χ1) is 13.0. The summed E-state index contributed by atoms with van der Waals surface area (Å²) in [4.78, 5) is 8.54. The number of hydrogen-bond acceptors (Lipinski definition) is 9. The Bertz CT molecular complexity index is 926. The van der Waals surface area contributed by atoms with Crippen LogP contribution < -0.4 is 25.3 Å². The van der Waals surface area contributed by atoms with Crippen molar-refractivity contribution in [1.82, 2.24) is 15.1 Å². The summed E-state index contributed by atoms with van der Waals surface area (Å²) in [5, 5.41) is 7.15. The summed E-state index contributed by atoms with van der Waals surface area (Å²) < 4.78 is 21.3. The summed E-state index contributed by atoms with van der Waals surface area (Å²) in [7, 11) is 4.66. The van der Waals surface area contributed by atoms with Crippen molar-refractivity contribution in [1.29, 1.82) is 0 Å². The molecule has 0 aliphatic rings. The monoisotopic (exact) mass is 371 g/mol. The molecule has 0 unspecified atom stereocenters. The zero-order valence-electron chi connectivity index (χ0n) is 15.8. The molecule has 3 rings (SSSR count). The number of hydrogen-bond donors (Lipinski definition) is 2. The largest absolute Gasteiger partial charge is 0.493 e. The van der Waals surface area contributed by atoms with E-state index in [9.17, 15) is 0 Å². The van der Waals surface area contributed by atoms with Crippen LogP contribution in [0.2, 0.25) is 0 Å². The van der Waals surface area contributed by atoms with Gasteiger partial charge in [0, 0.05) is 23.9 Å². The maximum absolute atomic E-state index is 5.89. The van der Waals surface area contributed by atoms with Crippen molar-refractivity contribution < 1.29 is 18.7 Å². The number of nitrogens with zero attached hydrogens (tertiary/aromatic N) is 3. The maximum atomic E-state index is 5.89. The van der Waals surface area contributed by atoms with Crippen LogP contribution in [0.1, 0.15) is 11.5 Å². The van der Waals surface area contributed by atoms with Gasteiger partial charge in [-0.15, -0.1) is 0 Å². The first-order valence-electron chi connectivity index (χ1n) is 8.11. The molecule has 3 N–H and O–H groups in total. The average Bonchev–Trinajstić information content (AvgIpc) is 2.98. The minimum absolute atomic E-state index is 0.127. The highest BCUT2D eigenvalue weighted by Gasteiger charge is 2.17. The fraction of sp³-hybridized carbons (Fsp3) is 0.278. The normalized spacial score (nSPS) is 10.6. The molecule has 0 spiro atoms. The number of nitrogens with one attached hydrogen (secondary N) is 1. The third-order valence-electron chi connectivity index (χ3n) is 3.97. The molecule has 9 heteroatoms. The second-order valence-electron chi connectivity index (χ2n) is 5.73. The highest BCUT2D eigenvalue weighted by molar-refractivity contribution is 5.71. The SMILES string of the molecule is COc1cc(Nc2cc(-c3c(C)noc3C)nc(N)n2)cc(OC)c1OC. The lowest BCUT2D eigenvalue weighted by Gasteiger charge is -2.15. The highest BCUT2D eigenvalue weighted by Crippen LogP contribution is 2.40. The van der Waals surface area contributed by atoms with E-state index in [1.165, 1.54) is 0 Å². The maximum Gasteiger partial charge on any atom is 0.222 e. The van der Waals surface area contributed by atoms with Gasteiger partial charge >= 0.3 is 0 Å². The Morgan fingerprint density at radius 3 is 2.15 bits per heavy atom. The zero-order valence-corrected chi connectivity index (χ0v) is 15.8. The van der Waals surface area contributed by atoms with Gasteiger partial charge < -0.3 is 29.8 Å². The fourth-order valence-corrected chi connectivity index (χ4v) is 2.81. The summed E-state index contributed by atoms with van der Waals surface area (Å²) in [6, 6.07) is 5.32. The minimum atomic E-state index is 0.127. The van der Waals surface area contributed by atoms with Crippen LogP contribution in [-0.2, 0) is 0 Å². The molecular formula is C18H21N5O4. The molecule has 3 aromatic rings. The third kappa shape index (κ3) is 3.57. The number of ether oxygens (including phenoxy) is 3. The summed E-state index contributed by atoms with van der Waals surface area (Å²) in [6.45, 7) is 3.66. The molecule has 0 radical (unpaired) electrons. The summed E-state index contributed by atoms with van der Waals surface area (Å²) in [5.74, 6) is 2.84. The lowest BCUT2D eigenvalue weighted by molar-refractivity contribution is 0.324. The smallest absolute Gasteiger partial charge is 0.222 e. The lowest BCUT2D eigenvalue weighted by atomic mass is 10.1. The van der Waals surface area contributed by atoms with Crippen molar-refractivity contribution in [3.63, 3.8) is 0 Å². The molecule has 0 saturated carbocycles. The van der Waals surface area contributed by atoms with E-state index in [1.54, 1.807) is 39.5 Å². The van der Waals surface area contributed by atoms with Crippen molar-refractivity contribution in [2.24, 2.45) is 0 Å². The quantitative estimate of drug-likeness (QED) is 0.674. The standard InChI is InChI=1S/C18H21N5O4/c1-9-16(10(2)27-23-9)12-8-15(22-18(19)21-12)20-11-6-13(24-3)17(26-5)14(7-11)25-4/h6-8H,1-5H3,(H3,19,20,21,22). The first-order valence-corrected chi connectivity index (χ1v) is 8.11. The van der Waals surface area contributed by atoms with E-state index in [1.807, 2.05) is 13.8 Å². The summed E-state index contributed by atoms with van der Waals surface area (Å²) in [6.07, 6.45) is 0. The van der Waals surface area contributed by atoms with Gasteiger partial charge in [0.05, 0.1) is 38.3 Å². The van der Waals surface area contributed by atoms with Crippen molar-refractivity contribution in [3.8, 4) is 28.5 Å². The van der Waals surface area contributed by atoms with Crippen LogP contribution in [0, 0.1) is 13.8 Å². The van der Waals surface area contributed by atoms with E-state index in [2.05, 4.69) is 20.4 Å². The molecule has 0 bridgehead atoms. The molecular weight excluding hydrogens is 350 g/mol. The van der Waals surface area contributed by atoms with Gasteiger partial charge in [-0.05, 0) is 13.8 Å². The Morgan fingerprint density at radius 2 is 1.63 bits per heavy atom. The minimum Gasteiger partial charge on any atom is -0.493 e. The van der Waals surface area contributed by atoms with Gasteiger partial charge in [-0.3, -0.25) is 0 Å². The number of nitrogen functional groups attached to an aromatic ring is 1. The molecule has 9 nitrogen and oxygen atoms in total. The molecule has 0 aliphatic heterocycles. The van der Waals surface area contributed by atoms with Gasteiger partial charge in [-0.25, -0.2) is 4.98 Å². The topological polar surface area (TPSA) is 118 Å². The fourth-order valence-electron chi connectivity index (χ4n) is 2.81. The Labute approximate surface area is 156 Å². The van der Waals surface area contributed by atoms with Gasteiger partial charge in [-0.1, -0.05) is 5.16 Å². The van der Waals surface area contributed by atoms with Crippen LogP contribution in [0.25, 0.3) is 11.3 Å². The Morgan fingerprint density at radius 1 is 0.963 bits per heavy atom. The van der Waals surface area contributed by atoms with Crippen LogP contribution in [0.15, 0.2) is 22.7 Å². The lowest BCUT2D eigenvalue weighted by Crippen LogP contribution is -2.03. The summed E-state index contributed by atoms with van der Waals surface area (Å²) >= 11 is 0. The summed E-state index contributed by atoms with van der Waals surface area (Å²) in [5.41, 5.74) is 8.72. The molecule has 142 valence electrons. The molecule has 0 saturated heterocycles. The molecule has 0 atom stereocenters. The number of anilines is 3. The predicted molar refractivity (Wildman–Crippen MR) is 101 cm³/mol. The van der Waals surface area contributed by atoms with Crippen LogP contribution in [0.5, 0.6) is 17.2 Å². The number of methoxy groups -OCH3 is 3. The van der Waals surface area contributed by atoms with Crippen LogP contribution in [0.3, 0.4) is 0 Å². The first kappa shape index (κ1) is 18.3.